The summed E-state index contributed by atoms with van der Waals surface area (Å²) in [5.74, 6) is -1.27. The summed E-state index contributed by atoms with van der Waals surface area (Å²) in [4.78, 5) is 74.8. The molecule has 0 atom stereocenters. The van der Waals surface area contributed by atoms with Crippen LogP contribution in [0.1, 0.15) is 63.7 Å². The lowest BCUT2D eigenvalue weighted by Crippen LogP contribution is -2.46. The van der Waals surface area contributed by atoms with E-state index < -0.39 is 22.9 Å². The molecule has 0 saturated carbocycles. The maximum atomic E-state index is 12.8. The molecule has 1 saturated heterocycles. The number of ether oxygens (including phenoxy) is 2. The number of nitrogens with one attached hydrogen (secondary N) is 1. The zero-order valence-corrected chi connectivity index (χ0v) is 21.8. The van der Waals surface area contributed by atoms with Gasteiger partial charge < -0.3 is 19.7 Å². The standard InChI is InChI=1S/C27H28N4O9/c1-2-39-27(36)40-20-8-5-17(6-9-20)24(33)29-14-11-18(12-15-29)28-23(32)4-3-13-30-25(34)21-10-7-19(31(37)38)16-22(21)26(30)35/h5-10,16,18H,2-4,11-15H2,1H3,(H,28,32). The molecule has 2 aromatic rings. The molecule has 0 aromatic heterocycles. The van der Waals surface area contributed by atoms with Gasteiger partial charge in [-0.2, -0.15) is 0 Å². The normalized spacial score (nSPS) is 15.0. The molecule has 4 rings (SSSR count). The van der Waals surface area contributed by atoms with E-state index in [9.17, 15) is 34.1 Å². The first-order chi connectivity index (χ1) is 19.2. The number of carbonyl (C=O) groups excluding carboxylic acids is 5. The van der Waals surface area contributed by atoms with Crippen LogP contribution in [0.3, 0.4) is 0 Å². The summed E-state index contributed by atoms with van der Waals surface area (Å²) >= 11 is 0. The summed E-state index contributed by atoms with van der Waals surface area (Å²) in [5.41, 5.74) is 0.280. The van der Waals surface area contributed by atoms with E-state index in [4.69, 9.17) is 9.47 Å². The Morgan fingerprint density at radius 2 is 1.70 bits per heavy atom. The Balaban J connectivity index is 1.19. The van der Waals surface area contributed by atoms with E-state index in [-0.39, 0.29) is 66.4 Å². The van der Waals surface area contributed by atoms with Crippen molar-refractivity contribution in [2.24, 2.45) is 0 Å². The third kappa shape index (κ3) is 6.42. The Morgan fingerprint density at radius 1 is 1.02 bits per heavy atom. The number of carbonyl (C=O) groups is 5. The summed E-state index contributed by atoms with van der Waals surface area (Å²) in [7, 11) is 0. The maximum absolute atomic E-state index is 12.8. The van der Waals surface area contributed by atoms with Crippen molar-refractivity contribution in [3.05, 3.63) is 69.3 Å². The lowest BCUT2D eigenvalue weighted by molar-refractivity contribution is -0.384. The van der Waals surface area contributed by atoms with Gasteiger partial charge in [0.2, 0.25) is 5.91 Å². The van der Waals surface area contributed by atoms with Crippen molar-refractivity contribution in [1.29, 1.82) is 0 Å². The zero-order valence-electron chi connectivity index (χ0n) is 21.8. The molecule has 40 heavy (non-hydrogen) atoms. The third-order valence-electron chi connectivity index (χ3n) is 6.66. The number of imide groups is 1. The number of benzene rings is 2. The first-order valence-corrected chi connectivity index (χ1v) is 12.9. The summed E-state index contributed by atoms with van der Waals surface area (Å²) in [5, 5.41) is 13.9. The average molecular weight is 553 g/mol. The Labute approximate surface area is 229 Å². The van der Waals surface area contributed by atoms with Crippen LogP contribution < -0.4 is 10.1 Å². The van der Waals surface area contributed by atoms with Gasteiger partial charge in [0.25, 0.3) is 23.4 Å². The van der Waals surface area contributed by atoms with Crippen LogP contribution in [0.5, 0.6) is 5.75 Å². The topological polar surface area (TPSA) is 165 Å². The van der Waals surface area contributed by atoms with Gasteiger partial charge in [-0.3, -0.25) is 34.2 Å². The van der Waals surface area contributed by atoms with Crippen molar-refractivity contribution in [3.8, 4) is 5.75 Å². The predicted molar refractivity (Wildman–Crippen MR) is 139 cm³/mol. The van der Waals surface area contributed by atoms with Crippen molar-refractivity contribution in [3.63, 3.8) is 0 Å². The van der Waals surface area contributed by atoms with E-state index in [1.165, 1.54) is 24.3 Å². The van der Waals surface area contributed by atoms with Gasteiger partial charge in [0.05, 0.1) is 22.7 Å². The summed E-state index contributed by atoms with van der Waals surface area (Å²) in [6, 6.07) is 9.60. The Kier molecular flexibility index (Phi) is 8.72. The van der Waals surface area contributed by atoms with Crippen molar-refractivity contribution in [2.45, 2.75) is 38.6 Å². The van der Waals surface area contributed by atoms with Gasteiger partial charge in [0.15, 0.2) is 0 Å². The fourth-order valence-corrected chi connectivity index (χ4v) is 4.61. The number of hydrogen-bond donors (Lipinski definition) is 1. The van der Waals surface area contributed by atoms with Crippen LogP contribution in [0.25, 0.3) is 0 Å². The van der Waals surface area contributed by atoms with Crippen LogP contribution in [0, 0.1) is 10.1 Å². The molecule has 13 heteroatoms. The highest BCUT2D eigenvalue weighted by Gasteiger charge is 2.36. The first kappa shape index (κ1) is 28.2. The van der Waals surface area contributed by atoms with Gasteiger partial charge in [0, 0.05) is 49.8 Å². The van der Waals surface area contributed by atoms with Gasteiger partial charge in [-0.05, 0) is 56.5 Å². The van der Waals surface area contributed by atoms with Gasteiger partial charge in [-0.15, -0.1) is 0 Å². The second-order valence-electron chi connectivity index (χ2n) is 9.30. The van der Waals surface area contributed by atoms with Gasteiger partial charge >= 0.3 is 6.16 Å². The highest BCUT2D eigenvalue weighted by molar-refractivity contribution is 6.21. The maximum Gasteiger partial charge on any atom is 0.513 e. The molecule has 2 aromatic carbocycles. The molecule has 1 N–H and O–H groups in total. The van der Waals surface area contributed by atoms with E-state index >= 15 is 0 Å². The highest BCUT2D eigenvalue weighted by Crippen LogP contribution is 2.27. The molecular weight excluding hydrogens is 524 g/mol. The molecular formula is C27H28N4O9. The molecule has 4 amide bonds. The summed E-state index contributed by atoms with van der Waals surface area (Å²) < 4.78 is 9.71. The Morgan fingerprint density at radius 3 is 2.35 bits per heavy atom. The van der Waals surface area contributed by atoms with E-state index in [0.29, 0.717) is 31.5 Å². The number of amides is 4. The minimum absolute atomic E-state index is 0.00842. The van der Waals surface area contributed by atoms with Crippen LogP contribution in [-0.2, 0) is 9.53 Å². The minimum Gasteiger partial charge on any atom is -0.434 e. The molecule has 2 heterocycles. The first-order valence-electron chi connectivity index (χ1n) is 12.9. The molecule has 0 spiro atoms. The minimum atomic E-state index is -0.817. The average Bonchev–Trinajstić information content (AvgIpc) is 3.18. The predicted octanol–water partition coefficient (Wildman–Crippen LogP) is 2.93. The number of fused-ring (bicyclic) bond motifs is 1. The van der Waals surface area contributed by atoms with Crippen molar-refractivity contribution in [1.82, 2.24) is 15.1 Å². The molecule has 0 radical (unpaired) electrons. The van der Waals surface area contributed by atoms with Crippen molar-refractivity contribution >= 4 is 35.5 Å². The summed E-state index contributed by atoms with van der Waals surface area (Å²) in [6.45, 7) is 2.78. The SMILES string of the molecule is CCOC(=O)Oc1ccc(C(=O)N2CCC(NC(=O)CCCN3C(=O)c4ccc([N+](=O)[O-])cc4C3=O)CC2)cc1. The molecule has 2 aliphatic rings. The fourth-order valence-electron chi connectivity index (χ4n) is 4.61. The molecule has 0 unspecified atom stereocenters. The van der Waals surface area contributed by atoms with Crippen LogP contribution in [-0.4, -0.2) is 76.8 Å². The van der Waals surface area contributed by atoms with Crippen molar-refractivity contribution < 1.29 is 38.4 Å². The number of rotatable bonds is 9. The number of piperidine rings is 1. The third-order valence-corrected chi connectivity index (χ3v) is 6.66. The van der Waals surface area contributed by atoms with E-state index in [0.717, 1.165) is 11.0 Å². The van der Waals surface area contributed by atoms with Gasteiger partial charge in [-0.25, -0.2) is 4.79 Å². The van der Waals surface area contributed by atoms with Crippen molar-refractivity contribution in [2.75, 3.05) is 26.2 Å². The molecule has 210 valence electrons. The van der Waals surface area contributed by atoms with E-state index in [2.05, 4.69) is 5.32 Å². The molecule has 0 bridgehead atoms. The number of nitro groups is 1. The second kappa shape index (κ2) is 12.4. The molecule has 2 aliphatic heterocycles. The monoisotopic (exact) mass is 552 g/mol. The van der Waals surface area contributed by atoms with E-state index in [1.54, 1.807) is 24.0 Å². The molecule has 1 fully saturated rings. The van der Waals surface area contributed by atoms with Gasteiger partial charge in [0.1, 0.15) is 5.75 Å². The van der Waals surface area contributed by atoms with Gasteiger partial charge in [-0.1, -0.05) is 0 Å². The number of nitrogens with zero attached hydrogens (tertiary/aromatic N) is 3. The molecule has 0 aliphatic carbocycles. The Bertz CT molecular complexity index is 1330. The van der Waals surface area contributed by atoms with Crippen LogP contribution in [0.4, 0.5) is 10.5 Å². The lowest BCUT2D eigenvalue weighted by atomic mass is 10.0. The summed E-state index contributed by atoms with van der Waals surface area (Å²) in [6.07, 6.45) is 0.652. The van der Waals surface area contributed by atoms with Crippen LogP contribution in [0.2, 0.25) is 0 Å². The number of nitro benzene ring substituents is 1. The van der Waals surface area contributed by atoms with E-state index in [1.807, 2.05) is 0 Å². The molecule has 13 nitrogen and oxygen atoms in total. The number of likely N-dealkylation sites (tertiary alicyclic amines) is 1. The highest BCUT2D eigenvalue weighted by atomic mass is 16.7. The number of non-ortho nitro benzene ring substituents is 1. The zero-order chi connectivity index (χ0) is 28.8. The fraction of sp³-hybridized carbons (Fsp3) is 0.370. The smallest absolute Gasteiger partial charge is 0.434 e. The number of hydrogen-bond acceptors (Lipinski definition) is 9. The van der Waals surface area contributed by atoms with Crippen LogP contribution in [0.15, 0.2) is 42.5 Å². The lowest BCUT2D eigenvalue weighted by Gasteiger charge is -2.32. The Hall–Kier alpha value is -4.81. The quantitative estimate of drug-likeness (QED) is 0.162. The largest absolute Gasteiger partial charge is 0.513 e. The second-order valence-corrected chi connectivity index (χ2v) is 9.30. The van der Waals surface area contributed by atoms with Crippen LogP contribution >= 0.6 is 0 Å².